The standard InChI is InChI=1S/C21H30F2O4/c1-12(2)21(16-7-14-6-15(9-16)10-17(21)8-14)27-19(25)13(3)5-18(24)26-11-20(4,22)23/h12,14-17H,3,5-11H2,1-2,4H3. The van der Waals surface area contributed by atoms with Gasteiger partial charge < -0.3 is 9.47 Å². The van der Waals surface area contributed by atoms with E-state index in [9.17, 15) is 18.4 Å². The van der Waals surface area contributed by atoms with Gasteiger partial charge in [0.2, 0.25) is 0 Å². The molecule has 4 saturated carbocycles. The molecule has 0 atom stereocenters. The lowest BCUT2D eigenvalue weighted by Crippen LogP contribution is -2.62. The van der Waals surface area contributed by atoms with Crippen LogP contribution in [0.2, 0.25) is 0 Å². The first kappa shape index (κ1) is 20.3. The highest BCUT2D eigenvalue weighted by atomic mass is 19.3. The molecule has 152 valence electrons. The van der Waals surface area contributed by atoms with Crippen LogP contribution in [0.4, 0.5) is 8.78 Å². The quantitative estimate of drug-likeness (QED) is 0.478. The molecule has 0 saturated heterocycles. The molecule has 27 heavy (non-hydrogen) atoms. The fourth-order valence-corrected chi connectivity index (χ4v) is 5.89. The minimum Gasteiger partial charge on any atom is -0.459 e. The molecule has 4 aliphatic rings. The summed E-state index contributed by atoms with van der Waals surface area (Å²) in [6, 6.07) is 0. The summed E-state index contributed by atoms with van der Waals surface area (Å²) in [6.45, 7) is 7.50. The first-order chi connectivity index (χ1) is 12.5. The Balaban J connectivity index is 1.64. The Kier molecular flexibility index (Phi) is 5.39. The maximum atomic E-state index is 12.8. The molecule has 0 amide bonds. The van der Waals surface area contributed by atoms with Crippen molar-refractivity contribution in [2.45, 2.75) is 70.8 Å². The van der Waals surface area contributed by atoms with Crippen LogP contribution in [0, 0.1) is 29.6 Å². The average molecular weight is 384 g/mol. The predicted octanol–water partition coefficient (Wildman–Crippen LogP) is 4.53. The summed E-state index contributed by atoms with van der Waals surface area (Å²) in [5.41, 5.74) is -0.540. The van der Waals surface area contributed by atoms with E-state index in [1.54, 1.807) is 0 Å². The van der Waals surface area contributed by atoms with Crippen molar-refractivity contribution in [2.75, 3.05) is 6.61 Å². The maximum absolute atomic E-state index is 12.8. The van der Waals surface area contributed by atoms with Gasteiger partial charge in [-0.1, -0.05) is 20.4 Å². The molecular weight excluding hydrogens is 354 g/mol. The van der Waals surface area contributed by atoms with Crippen molar-refractivity contribution >= 4 is 11.9 Å². The third-order valence-electron chi connectivity index (χ3n) is 6.72. The summed E-state index contributed by atoms with van der Waals surface area (Å²) < 4.78 is 36.2. The van der Waals surface area contributed by atoms with E-state index in [0.717, 1.165) is 37.5 Å². The first-order valence-corrected chi connectivity index (χ1v) is 9.95. The summed E-state index contributed by atoms with van der Waals surface area (Å²) in [5, 5.41) is 0. The van der Waals surface area contributed by atoms with Gasteiger partial charge in [0.1, 0.15) is 5.60 Å². The molecule has 0 aromatic carbocycles. The molecular formula is C21H30F2O4. The van der Waals surface area contributed by atoms with Crippen molar-refractivity contribution in [3.8, 4) is 0 Å². The normalized spacial score (nSPS) is 34.6. The van der Waals surface area contributed by atoms with Gasteiger partial charge in [0, 0.05) is 12.5 Å². The van der Waals surface area contributed by atoms with E-state index < -0.39 is 36.5 Å². The fraction of sp³-hybridized carbons (Fsp3) is 0.810. The van der Waals surface area contributed by atoms with Crippen LogP contribution in [0.25, 0.3) is 0 Å². The van der Waals surface area contributed by atoms with Gasteiger partial charge in [0.15, 0.2) is 6.61 Å². The van der Waals surface area contributed by atoms with E-state index >= 15 is 0 Å². The number of esters is 2. The minimum absolute atomic E-state index is 0.0340. The van der Waals surface area contributed by atoms with Crippen LogP contribution in [-0.2, 0) is 19.1 Å². The number of halogens is 2. The predicted molar refractivity (Wildman–Crippen MR) is 96.0 cm³/mol. The Hall–Kier alpha value is -1.46. The molecule has 4 nitrogen and oxygen atoms in total. The summed E-state index contributed by atoms with van der Waals surface area (Å²) in [4.78, 5) is 24.4. The van der Waals surface area contributed by atoms with Crippen molar-refractivity contribution in [3.63, 3.8) is 0 Å². The van der Waals surface area contributed by atoms with Crippen molar-refractivity contribution in [3.05, 3.63) is 12.2 Å². The molecule has 4 rings (SSSR count). The number of carbonyl (C=O) groups is 2. The molecule has 0 aromatic rings. The van der Waals surface area contributed by atoms with Crippen LogP contribution < -0.4 is 0 Å². The molecule has 0 aliphatic heterocycles. The highest BCUT2D eigenvalue weighted by Gasteiger charge is 2.60. The number of hydrogen-bond donors (Lipinski definition) is 0. The van der Waals surface area contributed by atoms with Crippen molar-refractivity contribution < 1.29 is 27.8 Å². The number of ether oxygens (including phenoxy) is 2. The Labute approximate surface area is 159 Å². The summed E-state index contributed by atoms with van der Waals surface area (Å²) in [5.74, 6) is -2.21. The van der Waals surface area contributed by atoms with Gasteiger partial charge in [-0.05, 0) is 61.7 Å². The van der Waals surface area contributed by atoms with Gasteiger partial charge in [-0.2, -0.15) is 0 Å². The molecule has 0 aromatic heterocycles. The molecule has 4 aliphatic carbocycles. The van der Waals surface area contributed by atoms with Gasteiger partial charge in [-0.25, -0.2) is 13.6 Å². The van der Waals surface area contributed by atoms with Crippen molar-refractivity contribution in [2.24, 2.45) is 29.6 Å². The number of alkyl halides is 2. The van der Waals surface area contributed by atoms with Gasteiger partial charge in [-0.3, -0.25) is 4.79 Å². The van der Waals surface area contributed by atoms with Gasteiger partial charge >= 0.3 is 11.9 Å². The molecule has 0 spiro atoms. The molecule has 0 radical (unpaired) electrons. The lowest BCUT2D eigenvalue weighted by Gasteiger charge is -2.61. The maximum Gasteiger partial charge on any atom is 0.334 e. The lowest BCUT2D eigenvalue weighted by molar-refractivity contribution is -0.222. The minimum atomic E-state index is -3.10. The average Bonchev–Trinajstić information content (AvgIpc) is 2.54. The van der Waals surface area contributed by atoms with Crippen LogP contribution in [0.1, 0.15) is 59.3 Å². The zero-order valence-electron chi connectivity index (χ0n) is 16.4. The SMILES string of the molecule is C=C(CC(=O)OCC(C)(F)F)C(=O)OC1(C(C)C)C2CC3CC(C2)CC1C3. The second-order valence-corrected chi connectivity index (χ2v) is 9.21. The molecule has 4 bridgehead atoms. The van der Waals surface area contributed by atoms with E-state index in [2.05, 4.69) is 25.2 Å². The Bertz CT molecular complexity index is 592. The lowest BCUT2D eigenvalue weighted by atomic mass is 9.47. The Morgan fingerprint density at radius 1 is 1.11 bits per heavy atom. The Morgan fingerprint density at radius 2 is 1.63 bits per heavy atom. The largest absolute Gasteiger partial charge is 0.459 e. The van der Waals surface area contributed by atoms with Crippen LogP contribution in [0.3, 0.4) is 0 Å². The summed E-state index contributed by atoms with van der Waals surface area (Å²) >= 11 is 0. The fourth-order valence-electron chi connectivity index (χ4n) is 5.89. The summed E-state index contributed by atoms with van der Waals surface area (Å²) in [6.07, 6.45) is 5.26. The third-order valence-corrected chi connectivity index (χ3v) is 6.72. The van der Waals surface area contributed by atoms with Crippen molar-refractivity contribution in [1.29, 1.82) is 0 Å². The molecule has 4 fully saturated rings. The molecule has 0 N–H and O–H groups in total. The zero-order valence-corrected chi connectivity index (χ0v) is 16.4. The molecule has 0 unspecified atom stereocenters. The van der Waals surface area contributed by atoms with E-state index in [1.807, 2.05) is 0 Å². The monoisotopic (exact) mass is 384 g/mol. The van der Waals surface area contributed by atoms with E-state index in [-0.39, 0.29) is 11.5 Å². The van der Waals surface area contributed by atoms with E-state index in [1.165, 1.54) is 6.42 Å². The highest BCUT2D eigenvalue weighted by molar-refractivity contribution is 5.93. The van der Waals surface area contributed by atoms with Crippen LogP contribution in [-0.4, -0.2) is 30.1 Å². The second kappa shape index (κ2) is 7.17. The van der Waals surface area contributed by atoms with Crippen LogP contribution in [0.15, 0.2) is 12.2 Å². The highest BCUT2D eigenvalue weighted by Crippen LogP contribution is 2.61. The van der Waals surface area contributed by atoms with E-state index in [4.69, 9.17) is 4.74 Å². The van der Waals surface area contributed by atoms with E-state index in [0.29, 0.717) is 18.8 Å². The first-order valence-electron chi connectivity index (χ1n) is 9.95. The number of hydrogen-bond acceptors (Lipinski definition) is 4. The van der Waals surface area contributed by atoms with Crippen LogP contribution >= 0.6 is 0 Å². The third kappa shape index (κ3) is 4.04. The number of carbonyl (C=O) groups excluding carboxylic acids is 2. The smallest absolute Gasteiger partial charge is 0.334 e. The topological polar surface area (TPSA) is 52.6 Å². The molecule has 6 heteroatoms. The number of rotatable bonds is 7. The Morgan fingerprint density at radius 3 is 2.07 bits per heavy atom. The summed E-state index contributed by atoms with van der Waals surface area (Å²) in [7, 11) is 0. The van der Waals surface area contributed by atoms with Gasteiger partial charge in [0.05, 0.1) is 6.42 Å². The van der Waals surface area contributed by atoms with Crippen molar-refractivity contribution in [1.82, 2.24) is 0 Å². The second-order valence-electron chi connectivity index (χ2n) is 9.21. The van der Waals surface area contributed by atoms with Gasteiger partial charge in [-0.15, -0.1) is 0 Å². The van der Waals surface area contributed by atoms with Crippen LogP contribution in [0.5, 0.6) is 0 Å². The van der Waals surface area contributed by atoms with Gasteiger partial charge in [0.25, 0.3) is 5.92 Å². The molecule has 0 heterocycles. The zero-order chi connectivity index (χ0) is 20.0.